The SMILES string of the molecule is Cc1ccc(C)c(Cc2nc(CC(OCCOCCCl)C(=O)O)nn2-c2ccc(S(N)(=O)=O)cc2F)c1. The molecule has 37 heavy (non-hydrogen) atoms. The van der Waals surface area contributed by atoms with E-state index in [9.17, 15) is 18.3 Å². The molecule has 10 nitrogen and oxygen atoms in total. The molecule has 200 valence electrons. The van der Waals surface area contributed by atoms with Crippen molar-refractivity contribution in [3.05, 3.63) is 70.6 Å². The number of hydrogen-bond acceptors (Lipinski definition) is 7. The van der Waals surface area contributed by atoms with E-state index in [-0.39, 0.29) is 42.5 Å². The van der Waals surface area contributed by atoms with E-state index < -0.39 is 27.9 Å². The second-order valence-corrected chi connectivity index (χ2v) is 10.3. The van der Waals surface area contributed by atoms with Gasteiger partial charge in [0.15, 0.2) is 11.9 Å². The largest absolute Gasteiger partial charge is 0.479 e. The predicted octanol–water partition coefficient (Wildman–Crippen LogP) is 2.53. The number of ether oxygens (including phenoxy) is 2. The van der Waals surface area contributed by atoms with Crippen LogP contribution in [-0.2, 0) is 37.1 Å². The van der Waals surface area contributed by atoms with Crippen LogP contribution in [0.5, 0.6) is 0 Å². The Bertz CT molecular complexity index is 1370. The van der Waals surface area contributed by atoms with Crippen LogP contribution in [0.2, 0.25) is 0 Å². The van der Waals surface area contributed by atoms with Gasteiger partial charge in [0, 0.05) is 18.7 Å². The van der Waals surface area contributed by atoms with Crippen molar-refractivity contribution in [2.45, 2.75) is 37.7 Å². The van der Waals surface area contributed by atoms with E-state index in [0.717, 1.165) is 22.8 Å². The first-order valence-corrected chi connectivity index (χ1v) is 13.4. The van der Waals surface area contributed by atoms with Crippen molar-refractivity contribution in [3.8, 4) is 5.69 Å². The minimum absolute atomic E-state index is 0.0214. The monoisotopic (exact) mass is 554 g/mol. The molecule has 13 heteroatoms. The summed E-state index contributed by atoms with van der Waals surface area (Å²) >= 11 is 5.55. The third kappa shape index (κ3) is 7.79. The molecule has 0 fully saturated rings. The number of rotatable bonds is 13. The predicted molar refractivity (Wildman–Crippen MR) is 134 cm³/mol. The molecule has 1 aromatic heterocycles. The summed E-state index contributed by atoms with van der Waals surface area (Å²) in [5.74, 6) is -1.34. The van der Waals surface area contributed by atoms with Crippen LogP contribution >= 0.6 is 11.6 Å². The molecule has 0 bridgehead atoms. The molecule has 1 unspecified atom stereocenters. The number of sulfonamides is 1. The number of alkyl halides is 1. The normalized spacial score (nSPS) is 12.6. The molecule has 3 aromatic rings. The fraction of sp³-hybridized carbons (Fsp3) is 0.375. The average molecular weight is 555 g/mol. The van der Waals surface area contributed by atoms with Gasteiger partial charge in [-0.25, -0.2) is 32.4 Å². The van der Waals surface area contributed by atoms with E-state index in [1.54, 1.807) is 0 Å². The second-order valence-electron chi connectivity index (χ2n) is 8.32. The Morgan fingerprint density at radius 1 is 1.19 bits per heavy atom. The number of carboxylic acids is 1. The molecule has 0 aliphatic heterocycles. The lowest BCUT2D eigenvalue weighted by Gasteiger charge is -2.12. The van der Waals surface area contributed by atoms with E-state index in [1.807, 2.05) is 32.0 Å². The number of hydrogen-bond donors (Lipinski definition) is 2. The Hall–Kier alpha value is -2.90. The van der Waals surface area contributed by atoms with Gasteiger partial charge in [-0.15, -0.1) is 11.6 Å². The quantitative estimate of drug-likeness (QED) is 0.242. The third-order valence-corrected chi connectivity index (χ3v) is 6.52. The number of aromatic nitrogens is 3. The Morgan fingerprint density at radius 2 is 1.95 bits per heavy atom. The van der Waals surface area contributed by atoms with Gasteiger partial charge in [-0.05, 0) is 43.2 Å². The Kier molecular flexibility index (Phi) is 9.74. The fourth-order valence-corrected chi connectivity index (χ4v) is 4.21. The number of primary sulfonamides is 1. The number of aliphatic carboxylic acids is 1. The van der Waals surface area contributed by atoms with Crippen LogP contribution < -0.4 is 5.14 Å². The van der Waals surface area contributed by atoms with E-state index in [1.165, 1.54) is 16.8 Å². The third-order valence-electron chi connectivity index (χ3n) is 5.46. The lowest BCUT2D eigenvalue weighted by molar-refractivity contribution is -0.151. The number of nitrogens with two attached hydrogens (primary N) is 1. The van der Waals surface area contributed by atoms with Crippen LogP contribution in [0.15, 0.2) is 41.3 Å². The Labute approximate surface area is 219 Å². The summed E-state index contributed by atoms with van der Waals surface area (Å²) in [7, 11) is -4.11. The van der Waals surface area contributed by atoms with Gasteiger partial charge in [-0.2, -0.15) is 5.10 Å². The Balaban J connectivity index is 1.97. The molecule has 2 aromatic carbocycles. The molecule has 1 atom stereocenters. The minimum atomic E-state index is -4.11. The lowest BCUT2D eigenvalue weighted by Crippen LogP contribution is -2.28. The zero-order valence-corrected chi connectivity index (χ0v) is 21.9. The molecule has 3 N–H and O–H groups in total. The summed E-state index contributed by atoms with van der Waals surface area (Å²) in [6.45, 7) is 4.37. The van der Waals surface area contributed by atoms with Gasteiger partial charge in [-0.3, -0.25) is 0 Å². The molecule has 0 saturated carbocycles. The molecule has 0 radical (unpaired) electrons. The summed E-state index contributed by atoms with van der Waals surface area (Å²) in [5, 5.41) is 19.1. The van der Waals surface area contributed by atoms with Gasteiger partial charge >= 0.3 is 5.97 Å². The molecule has 0 aliphatic rings. The van der Waals surface area contributed by atoms with Crippen molar-refractivity contribution in [3.63, 3.8) is 0 Å². The van der Waals surface area contributed by atoms with Crippen molar-refractivity contribution in [1.29, 1.82) is 0 Å². The molecule has 0 spiro atoms. The van der Waals surface area contributed by atoms with Gasteiger partial charge in [-0.1, -0.05) is 23.8 Å². The van der Waals surface area contributed by atoms with Crippen LogP contribution in [0.1, 0.15) is 28.3 Å². The maximum absolute atomic E-state index is 15.0. The summed E-state index contributed by atoms with van der Waals surface area (Å²) in [6, 6.07) is 9.09. The van der Waals surface area contributed by atoms with E-state index in [2.05, 4.69) is 10.1 Å². The lowest BCUT2D eigenvalue weighted by atomic mass is 10.0. The van der Waals surface area contributed by atoms with Crippen LogP contribution in [-0.4, -0.2) is 66.1 Å². The van der Waals surface area contributed by atoms with Gasteiger partial charge in [0.1, 0.15) is 17.3 Å². The molecule has 0 aliphatic carbocycles. The fourth-order valence-electron chi connectivity index (χ4n) is 3.57. The first-order valence-electron chi connectivity index (χ1n) is 11.3. The van der Waals surface area contributed by atoms with Crippen molar-refractivity contribution in [2.75, 3.05) is 25.7 Å². The zero-order chi connectivity index (χ0) is 27.2. The van der Waals surface area contributed by atoms with Crippen LogP contribution in [0.4, 0.5) is 4.39 Å². The summed E-state index contributed by atoms with van der Waals surface area (Å²) < 4.78 is 50.2. The van der Waals surface area contributed by atoms with Crippen LogP contribution in [0, 0.1) is 19.7 Å². The number of carboxylic acid groups (broad SMARTS) is 1. The summed E-state index contributed by atoms with van der Waals surface area (Å²) in [5.41, 5.74) is 2.86. The molecular weight excluding hydrogens is 527 g/mol. The van der Waals surface area contributed by atoms with Crippen molar-refractivity contribution in [1.82, 2.24) is 14.8 Å². The Morgan fingerprint density at radius 3 is 2.59 bits per heavy atom. The average Bonchev–Trinajstić information content (AvgIpc) is 3.21. The number of nitrogens with zero attached hydrogens (tertiary/aromatic N) is 3. The molecule has 1 heterocycles. The van der Waals surface area contributed by atoms with E-state index in [4.69, 9.17) is 26.2 Å². The first kappa shape index (κ1) is 28.7. The van der Waals surface area contributed by atoms with Crippen molar-refractivity contribution < 1.29 is 32.2 Å². The highest BCUT2D eigenvalue weighted by Gasteiger charge is 2.24. The van der Waals surface area contributed by atoms with Gasteiger partial charge in [0.05, 0.1) is 24.7 Å². The molecular formula is C24H28ClFN4O6S. The smallest absolute Gasteiger partial charge is 0.333 e. The van der Waals surface area contributed by atoms with Crippen molar-refractivity contribution >= 4 is 27.6 Å². The second kappa shape index (κ2) is 12.6. The summed E-state index contributed by atoms with van der Waals surface area (Å²) in [4.78, 5) is 15.9. The van der Waals surface area contributed by atoms with Crippen LogP contribution in [0.3, 0.4) is 0 Å². The number of halogens is 2. The van der Waals surface area contributed by atoms with E-state index in [0.29, 0.717) is 18.3 Å². The number of carbonyl (C=O) groups is 1. The van der Waals surface area contributed by atoms with Crippen molar-refractivity contribution in [2.24, 2.45) is 5.14 Å². The highest BCUT2D eigenvalue weighted by Crippen LogP contribution is 2.22. The molecule has 3 rings (SSSR count). The molecule has 0 saturated heterocycles. The standard InChI is InChI=1S/C24H28ClFN4O6S/c1-15-3-4-16(2)17(11-15)12-23-28-22(14-21(24(31)32)36-10-9-35-8-7-25)29-30(23)20-6-5-18(13-19(20)26)37(27,33)34/h3-6,11,13,21H,7-10,12,14H2,1-2H3,(H,31,32)(H2,27,33,34). The maximum atomic E-state index is 15.0. The maximum Gasteiger partial charge on any atom is 0.333 e. The van der Waals surface area contributed by atoms with Gasteiger partial charge in [0.25, 0.3) is 0 Å². The zero-order valence-electron chi connectivity index (χ0n) is 20.4. The summed E-state index contributed by atoms with van der Waals surface area (Å²) in [6.07, 6.45) is -1.19. The van der Waals surface area contributed by atoms with E-state index >= 15 is 4.39 Å². The number of aryl methyl sites for hydroxylation is 2. The highest BCUT2D eigenvalue weighted by atomic mass is 35.5. The van der Waals surface area contributed by atoms with Gasteiger partial charge in [0.2, 0.25) is 10.0 Å². The first-order chi connectivity index (χ1) is 17.5. The van der Waals surface area contributed by atoms with Crippen LogP contribution in [0.25, 0.3) is 5.69 Å². The topological polar surface area (TPSA) is 147 Å². The minimum Gasteiger partial charge on any atom is -0.479 e. The van der Waals surface area contributed by atoms with Gasteiger partial charge < -0.3 is 14.6 Å². The highest BCUT2D eigenvalue weighted by molar-refractivity contribution is 7.89. The molecule has 0 amide bonds. The number of benzene rings is 2.